The predicted octanol–water partition coefficient (Wildman–Crippen LogP) is 6.17. The number of allylic oxidation sites excluding steroid dienone is 1. The Hall–Kier alpha value is -2.28. The highest BCUT2D eigenvalue weighted by Gasteiger charge is 2.03. The van der Waals surface area contributed by atoms with Crippen molar-refractivity contribution in [2.45, 2.75) is 47.1 Å². The number of carbonyl (C=O) groups is 1. The normalized spacial score (nSPS) is 10.7. The molecule has 0 unspecified atom stereocenters. The molecule has 2 rings (SSSR count). The molecule has 0 aliphatic carbocycles. The van der Waals surface area contributed by atoms with Crippen molar-refractivity contribution < 1.29 is 9.90 Å². The van der Waals surface area contributed by atoms with Gasteiger partial charge >= 0.3 is 5.97 Å². The van der Waals surface area contributed by atoms with Gasteiger partial charge in [-0.3, -0.25) is 9.69 Å². The van der Waals surface area contributed by atoms with Crippen LogP contribution in [0.2, 0.25) is 0 Å². The number of rotatable bonds is 6. The lowest BCUT2D eigenvalue weighted by Gasteiger charge is -2.15. The zero-order valence-corrected chi connectivity index (χ0v) is 19.1. The number of nitrogens with zero attached hydrogens (tertiary/aromatic N) is 1. The summed E-state index contributed by atoms with van der Waals surface area (Å²) in [5, 5.41) is 10.6. The van der Waals surface area contributed by atoms with Crippen molar-refractivity contribution in [3.05, 3.63) is 60.2 Å². The number of hydrogen-bond acceptors (Lipinski definition) is 2. The van der Waals surface area contributed by atoms with E-state index >= 15 is 0 Å². The third-order valence-corrected chi connectivity index (χ3v) is 3.85. The van der Waals surface area contributed by atoms with Crippen LogP contribution in [-0.4, -0.2) is 29.6 Å². The smallest absolute Gasteiger partial charge is 0.303 e. The summed E-state index contributed by atoms with van der Waals surface area (Å²) in [6.45, 7) is 10.1. The highest BCUT2D eigenvalue weighted by Crippen LogP contribution is 2.19. The van der Waals surface area contributed by atoms with E-state index in [9.17, 15) is 4.79 Å². The Kier molecular flexibility index (Phi) is 12.7. The van der Waals surface area contributed by atoms with E-state index in [4.69, 9.17) is 5.11 Å². The number of fused-ring (bicyclic) bond motifs is 1. The van der Waals surface area contributed by atoms with E-state index in [-0.39, 0.29) is 17.8 Å². The fourth-order valence-electron chi connectivity index (χ4n) is 2.55. The minimum absolute atomic E-state index is 0. The Morgan fingerprint density at radius 2 is 1.79 bits per heavy atom. The summed E-state index contributed by atoms with van der Waals surface area (Å²) in [7, 11) is 2.14. The minimum Gasteiger partial charge on any atom is -0.481 e. The first-order valence-electron chi connectivity index (χ1n) is 9.77. The summed E-state index contributed by atoms with van der Waals surface area (Å²) in [5.74, 6) is 5.62. The number of carboxylic acid groups (broad SMARTS) is 1. The van der Waals surface area contributed by atoms with Crippen LogP contribution in [-0.2, 0) is 11.3 Å². The van der Waals surface area contributed by atoms with Gasteiger partial charge in [0.25, 0.3) is 0 Å². The van der Waals surface area contributed by atoms with Gasteiger partial charge in [0, 0.05) is 24.9 Å². The molecule has 0 amide bonds. The standard InChI is InChI=1S/C21H25N.C4H8O2.ClH/c1-21(2,3)15-8-5-9-16-22(4)17-19-13-10-12-18-11-6-7-14-20(18)19;1-2-3-4(5)6;/h5-7,9-14H,16-17H2,1-4H3;2-3H2,1H3,(H,5,6);1H. The molecule has 0 radical (unpaired) electrons. The topological polar surface area (TPSA) is 40.5 Å². The maximum Gasteiger partial charge on any atom is 0.303 e. The molecule has 0 saturated carbocycles. The van der Waals surface area contributed by atoms with Crippen LogP contribution in [0.5, 0.6) is 0 Å². The fourth-order valence-corrected chi connectivity index (χ4v) is 2.55. The Morgan fingerprint density at radius 1 is 1.14 bits per heavy atom. The minimum atomic E-state index is -0.711. The summed E-state index contributed by atoms with van der Waals surface area (Å²) < 4.78 is 0. The van der Waals surface area contributed by atoms with Crippen LogP contribution in [0, 0.1) is 17.3 Å². The van der Waals surface area contributed by atoms with Gasteiger partial charge in [-0.15, -0.1) is 12.4 Å². The van der Waals surface area contributed by atoms with Gasteiger partial charge in [-0.2, -0.15) is 0 Å². The van der Waals surface area contributed by atoms with Crippen LogP contribution in [0.15, 0.2) is 54.6 Å². The lowest BCUT2D eigenvalue weighted by molar-refractivity contribution is -0.137. The largest absolute Gasteiger partial charge is 0.481 e. The monoisotopic (exact) mass is 415 g/mol. The number of benzene rings is 2. The van der Waals surface area contributed by atoms with Crippen LogP contribution in [0.4, 0.5) is 0 Å². The summed E-state index contributed by atoms with van der Waals surface area (Å²) in [5.41, 5.74) is 1.44. The van der Waals surface area contributed by atoms with E-state index in [0.29, 0.717) is 6.42 Å². The Morgan fingerprint density at radius 3 is 2.38 bits per heavy atom. The van der Waals surface area contributed by atoms with Gasteiger partial charge in [0.2, 0.25) is 0 Å². The molecule has 3 nitrogen and oxygen atoms in total. The number of carboxylic acids is 1. The van der Waals surface area contributed by atoms with Crippen LogP contribution < -0.4 is 0 Å². The van der Waals surface area contributed by atoms with E-state index in [2.05, 4.69) is 93.1 Å². The molecule has 4 heteroatoms. The van der Waals surface area contributed by atoms with Gasteiger partial charge in [-0.1, -0.05) is 67.3 Å². The highest BCUT2D eigenvalue weighted by atomic mass is 35.5. The Labute approximate surface area is 182 Å². The number of aliphatic carboxylic acids is 1. The van der Waals surface area contributed by atoms with Crippen molar-refractivity contribution >= 4 is 29.1 Å². The van der Waals surface area contributed by atoms with Crippen molar-refractivity contribution in [2.24, 2.45) is 5.41 Å². The number of likely N-dealkylation sites (N-methyl/N-ethyl adjacent to an activating group) is 1. The van der Waals surface area contributed by atoms with E-state index in [1.807, 2.05) is 13.0 Å². The van der Waals surface area contributed by atoms with Crippen LogP contribution >= 0.6 is 12.4 Å². The third kappa shape index (κ3) is 12.0. The first-order valence-corrected chi connectivity index (χ1v) is 9.77. The molecule has 0 aromatic heterocycles. The summed E-state index contributed by atoms with van der Waals surface area (Å²) in [4.78, 5) is 11.9. The van der Waals surface area contributed by atoms with Crippen molar-refractivity contribution in [1.29, 1.82) is 0 Å². The summed E-state index contributed by atoms with van der Waals surface area (Å²) >= 11 is 0. The fraction of sp³-hybridized carbons (Fsp3) is 0.400. The second-order valence-corrected chi connectivity index (χ2v) is 7.90. The average molecular weight is 416 g/mol. The zero-order chi connectivity index (χ0) is 21.0. The molecule has 0 aliphatic heterocycles. The van der Waals surface area contributed by atoms with Gasteiger partial charge in [-0.25, -0.2) is 0 Å². The average Bonchev–Trinajstić information content (AvgIpc) is 2.61. The molecule has 0 heterocycles. The molecule has 29 heavy (non-hydrogen) atoms. The molecule has 0 saturated heterocycles. The maximum absolute atomic E-state index is 9.60. The first kappa shape index (κ1) is 26.7. The van der Waals surface area contributed by atoms with Gasteiger partial charge in [-0.05, 0) is 56.7 Å². The molecule has 0 aliphatic rings. The van der Waals surface area contributed by atoms with Crippen molar-refractivity contribution in [1.82, 2.24) is 4.90 Å². The third-order valence-electron chi connectivity index (χ3n) is 3.85. The second-order valence-electron chi connectivity index (χ2n) is 7.90. The van der Waals surface area contributed by atoms with Crippen LogP contribution in [0.1, 0.15) is 46.1 Å². The Balaban J connectivity index is 0.000000981. The van der Waals surface area contributed by atoms with Gasteiger partial charge in [0.1, 0.15) is 0 Å². The molecule has 2 aromatic carbocycles. The van der Waals surface area contributed by atoms with Crippen molar-refractivity contribution in [3.63, 3.8) is 0 Å². The van der Waals surface area contributed by atoms with Crippen molar-refractivity contribution in [2.75, 3.05) is 13.6 Å². The van der Waals surface area contributed by atoms with E-state index in [1.54, 1.807) is 0 Å². The lowest BCUT2D eigenvalue weighted by atomic mass is 9.98. The summed E-state index contributed by atoms with van der Waals surface area (Å²) in [6.07, 6.45) is 5.12. The summed E-state index contributed by atoms with van der Waals surface area (Å²) in [6, 6.07) is 15.1. The first-order chi connectivity index (χ1) is 13.2. The maximum atomic E-state index is 9.60. The molecule has 0 spiro atoms. The lowest BCUT2D eigenvalue weighted by Crippen LogP contribution is -2.17. The van der Waals surface area contributed by atoms with Gasteiger partial charge in [0.15, 0.2) is 0 Å². The molecule has 0 atom stereocenters. The van der Waals surface area contributed by atoms with Gasteiger partial charge < -0.3 is 5.11 Å². The van der Waals surface area contributed by atoms with Crippen molar-refractivity contribution in [3.8, 4) is 11.8 Å². The molecule has 2 aromatic rings. The molecule has 1 N–H and O–H groups in total. The highest BCUT2D eigenvalue weighted by molar-refractivity contribution is 5.86. The number of halogens is 1. The molecule has 0 fully saturated rings. The van der Waals surface area contributed by atoms with E-state index in [1.165, 1.54) is 16.3 Å². The number of hydrogen-bond donors (Lipinski definition) is 1. The molecular formula is C25H34ClNO2. The van der Waals surface area contributed by atoms with Gasteiger partial charge in [0.05, 0.1) is 0 Å². The SMILES string of the molecule is CCCC(=O)O.CN(CC=CC#CC(C)(C)C)Cc1cccc2ccccc12.Cl. The zero-order valence-electron chi connectivity index (χ0n) is 18.2. The van der Waals surface area contributed by atoms with E-state index in [0.717, 1.165) is 19.5 Å². The molecule has 158 valence electrons. The molecular weight excluding hydrogens is 382 g/mol. The van der Waals surface area contributed by atoms with E-state index < -0.39 is 5.97 Å². The molecule has 0 bridgehead atoms. The second kappa shape index (κ2) is 13.8. The Bertz CT molecular complexity index is 836. The van der Waals surface area contributed by atoms with Crippen LogP contribution in [0.3, 0.4) is 0 Å². The van der Waals surface area contributed by atoms with Crippen LogP contribution in [0.25, 0.3) is 10.8 Å². The predicted molar refractivity (Wildman–Crippen MR) is 126 cm³/mol. The quantitative estimate of drug-likeness (QED) is 0.573.